The summed E-state index contributed by atoms with van der Waals surface area (Å²) in [5.41, 5.74) is 3.52. The van der Waals surface area contributed by atoms with Gasteiger partial charge in [-0.25, -0.2) is 9.50 Å². The van der Waals surface area contributed by atoms with Crippen molar-refractivity contribution >= 4 is 23.1 Å². The van der Waals surface area contributed by atoms with E-state index in [1.54, 1.807) is 10.7 Å². The summed E-state index contributed by atoms with van der Waals surface area (Å²) in [5.74, 6) is 0.561. The quantitative estimate of drug-likeness (QED) is 0.689. The van der Waals surface area contributed by atoms with Crippen LogP contribution in [-0.2, 0) is 6.54 Å². The molecule has 0 bridgehead atoms. The molecule has 4 rings (SSSR count). The minimum Gasteiger partial charge on any atom is -0.372 e. The van der Waals surface area contributed by atoms with Gasteiger partial charge < -0.3 is 15.5 Å². The highest BCUT2D eigenvalue weighted by Gasteiger charge is 2.15. The lowest BCUT2D eigenvalue weighted by atomic mass is 10.2. The molecular formula is C21H26N6O. The molecule has 0 radical (unpaired) electrons. The number of carbonyl (C=O) groups excluding carboxylic acids is 1. The molecule has 0 aliphatic carbocycles. The number of carbonyl (C=O) groups is 1. The van der Waals surface area contributed by atoms with Gasteiger partial charge in [0.2, 0.25) is 0 Å². The van der Waals surface area contributed by atoms with Crippen molar-refractivity contribution in [3.05, 3.63) is 53.9 Å². The average molecular weight is 378 g/mol. The SMILES string of the molecule is CC(C)NC(=O)c1cnn2ccc(NCc3cccc(N4CCCC4)c3)nc12. The Kier molecular flexibility index (Phi) is 5.14. The maximum atomic E-state index is 12.4. The largest absolute Gasteiger partial charge is 0.372 e. The number of fused-ring (bicyclic) bond motifs is 1. The molecule has 1 aliphatic rings. The summed E-state index contributed by atoms with van der Waals surface area (Å²) < 4.78 is 1.62. The van der Waals surface area contributed by atoms with Gasteiger partial charge in [0.05, 0.1) is 6.20 Å². The van der Waals surface area contributed by atoms with Gasteiger partial charge in [-0.05, 0) is 50.5 Å². The molecule has 7 heteroatoms. The van der Waals surface area contributed by atoms with E-state index in [1.165, 1.54) is 24.1 Å². The third kappa shape index (κ3) is 3.93. The molecule has 1 aromatic carbocycles. The Morgan fingerprint density at radius 1 is 1.21 bits per heavy atom. The van der Waals surface area contributed by atoms with Crippen LogP contribution in [0.15, 0.2) is 42.7 Å². The number of nitrogens with zero attached hydrogens (tertiary/aromatic N) is 4. The molecule has 1 aliphatic heterocycles. The van der Waals surface area contributed by atoms with E-state index < -0.39 is 0 Å². The van der Waals surface area contributed by atoms with E-state index in [0.717, 1.165) is 18.9 Å². The second-order valence-electron chi connectivity index (χ2n) is 7.48. The summed E-state index contributed by atoms with van der Waals surface area (Å²) in [5, 5.41) is 10.5. The molecule has 0 spiro atoms. The summed E-state index contributed by atoms with van der Waals surface area (Å²) in [6, 6.07) is 10.6. The number of rotatable bonds is 6. The van der Waals surface area contributed by atoms with E-state index in [1.807, 2.05) is 26.1 Å². The fraction of sp³-hybridized carbons (Fsp3) is 0.381. The molecule has 0 unspecified atom stereocenters. The molecule has 1 amide bonds. The summed E-state index contributed by atoms with van der Waals surface area (Å²) in [6.07, 6.45) is 5.91. The van der Waals surface area contributed by atoms with Gasteiger partial charge in [-0.15, -0.1) is 0 Å². The van der Waals surface area contributed by atoms with Crippen LogP contribution in [-0.4, -0.2) is 39.6 Å². The Balaban J connectivity index is 1.49. The Labute approximate surface area is 164 Å². The molecule has 3 heterocycles. The summed E-state index contributed by atoms with van der Waals surface area (Å²) in [6.45, 7) is 6.81. The van der Waals surface area contributed by atoms with Crippen molar-refractivity contribution in [2.45, 2.75) is 39.3 Å². The van der Waals surface area contributed by atoms with Crippen molar-refractivity contribution < 1.29 is 4.79 Å². The first kappa shape index (κ1) is 18.3. The molecule has 7 nitrogen and oxygen atoms in total. The molecule has 146 valence electrons. The Morgan fingerprint density at radius 2 is 2.04 bits per heavy atom. The molecule has 28 heavy (non-hydrogen) atoms. The topological polar surface area (TPSA) is 74.6 Å². The van der Waals surface area contributed by atoms with Crippen LogP contribution in [0.1, 0.15) is 42.6 Å². The van der Waals surface area contributed by atoms with Crippen LogP contribution < -0.4 is 15.5 Å². The highest BCUT2D eigenvalue weighted by Crippen LogP contribution is 2.21. The van der Waals surface area contributed by atoms with Crippen LogP contribution in [0.25, 0.3) is 5.65 Å². The number of hydrogen-bond acceptors (Lipinski definition) is 5. The van der Waals surface area contributed by atoms with Gasteiger partial charge in [-0.3, -0.25) is 4.79 Å². The average Bonchev–Trinajstić information content (AvgIpc) is 3.35. The predicted molar refractivity (Wildman–Crippen MR) is 111 cm³/mol. The van der Waals surface area contributed by atoms with Crippen molar-refractivity contribution in [1.29, 1.82) is 0 Å². The van der Waals surface area contributed by atoms with E-state index >= 15 is 0 Å². The monoisotopic (exact) mass is 378 g/mol. The van der Waals surface area contributed by atoms with Gasteiger partial charge in [0.1, 0.15) is 11.4 Å². The van der Waals surface area contributed by atoms with E-state index in [0.29, 0.717) is 17.8 Å². The molecular weight excluding hydrogens is 352 g/mol. The fourth-order valence-corrected chi connectivity index (χ4v) is 3.50. The van der Waals surface area contributed by atoms with E-state index in [4.69, 9.17) is 0 Å². The zero-order valence-corrected chi connectivity index (χ0v) is 16.4. The number of benzene rings is 1. The summed E-state index contributed by atoms with van der Waals surface area (Å²) in [4.78, 5) is 19.4. The molecule has 2 aromatic heterocycles. The summed E-state index contributed by atoms with van der Waals surface area (Å²) in [7, 11) is 0. The van der Waals surface area contributed by atoms with Crippen LogP contribution in [0.2, 0.25) is 0 Å². The number of anilines is 2. The first-order valence-electron chi connectivity index (χ1n) is 9.83. The number of aromatic nitrogens is 3. The molecule has 0 atom stereocenters. The van der Waals surface area contributed by atoms with E-state index in [-0.39, 0.29) is 11.9 Å². The van der Waals surface area contributed by atoms with Crippen molar-refractivity contribution in [2.24, 2.45) is 0 Å². The van der Waals surface area contributed by atoms with Gasteiger partial charge in [0.15, 0.2) is 5.65 Å². The smallest absolute Gasteiger partial charge is 0.256 e. The minimum absolute atomic E-state index is 0.0617. The second kappa shape index (κ2) is 7.88. The first-order valence-corrected chi connectivity index (χ1v) is 9.83. The van der Waals surface area contributed by atoms with Crippen molar-refractivity contribution in [3.8, 4) is 0 Å². The fourth-order valence-electron chi connectivity index (χ4n) is 3.50. The van der Waals surface area contributed by atoms with Crippen molar-refractivity contribution in [2.75, 3.05) is 23.3 Å². The number of hydrogen-bond donors (Lipinski definition) is 2. The Morgan fingerprint density at radius 3 is 2.82 bits per heavy atom. The summed E-state index contributed by atoms with van der Waals surface area (Å²) >= 11 is 0. The Hall–Kier alpha value is -3.09. The number of nitrogens with one attached hydrogen (secondary N) is 2. The van der Waals surface area contributed by atoms with Gasteiger partial charge in [-0.1, -0.05) is 12.1 Å². The van der Waals surface area contributed by atoms with Gasteiger partial charge >= 0.3 is 0 Å². The zero-order valence-electron chi connectivity index (χ0n) is 16.4. The highest BCUT2D eigenvalue weighted by molar-refractivity contribution is 5.99. The molecule has 2 N–H and O–H groups in total. The third-order valence-electron chi connectivity index (χ3n) is 4.89. The standard InChI is InChI=1S/C21H26N6O/c1-15(2)24-21(28)18-14-23-27-11-8-19(25-20(18)27)22-13-16-6-5-7-17(12-16)26-9-3-4-10-26/h5-8,11-12,14-15H,3-4,9-10,13H2,1-2H3,(H,22,25)(H,24,28). The molecule has 1 fully saturated rings. The lowest BCUT2D eigenvalue weighted by molar-refractivity contribution is 0.0944. The third-order valence-corrected chi connectivity index (χ3v) is 4.89. The minimum atomic E-state index is -0.159. The lowest BCUT2D eigenvalue weighted by Crippen LogP contribution is -2.30. The lowest BCUT2D eigenvalue weighted by Gasteiger charge is -2.18. The predicted octanol–water partition coefficient (Wildman–Crippen LogP) is 3.08. The van der Waals surface area contributed by atoms with Crippen molar-refractivity contribution in [1.82, 2.24) is 19.9 Å². The molecule has 3 aromatic rings. The van der Waals surface area contributed by atoms with Gasteiger partial charge in [0.25, 0.3) is 5.91 Å². The van der Waals surface area contributed by atoms with Crippen LogP contribution >= 0.6 is 0 Å². The van der Waals surface area contributed by atoms with E-state index in [2.05, 4.69) is 49.9 Å². The van der Waals surface area contributed by atoms with Crippen LogP contribution in [0.5, 0.6) is 0 Å². The van der Waals surface area contributed by atoms with Crippen LogP contribution in [0, 0.1) is 0 Å². The highest BCUT2D eigenvalue weighted by atomic mass is 16.1. The molecule has 0 saturated carbocycles. The maximum Gasteiger partial charge on any atom is 0.256 e. The second-order valence-corrected chi connectivity index (χ2v) is 7.48. The van der Waals surface area contributed by atoms with E-state index in [9.17, 15) is 4.79 Å². The first-order chi connectivity index (χ1) is 13.6. The maximum absolute atomic E-state index is 12.4. The zero-order chi connectivity index (χ0) is 19.5. The van der Waals surface area contributed by atoms with Crippen LogP contribution in [0.3, 0.4) is 0 Å². The van der Waals surface area contributed by atoms with Crippen molar-refractivity contribution in [3.63, 3.8) is 0 Å². The number of amides is 1. The normalized spacial score (nSPS) is 14.0. The van der Waals surface area contributed by atoms with Gasteiger partial charge in [-0.2, -0.15) is 5.10 Å². The van der Waals surface area contributed by atoms with Gasteiger partial charge in [0, 0.05) is 37.6 Å². The molecule has 1 saturated heterocycles. The van der Waals surface area contributed by atoms with Crippen LogP contribution in [0.4, 0.5) is 11.5 Å². The Bertz CT molecular complexity index is 974.